The van der Waals surface area contributed by atoms with Gasteiger partial charge in [0.25, 0.3) is 0 Å². The molecular formula is C13H20O. The molecule has 0 aliphatic heterocycles. The van der Waals surface area contributed by atoms with E-state index in [1.165, 1.54) is 25.7 Å². The summed E-state index contributed by atoms with van der Waals surface area (Å²) in [5.41, 5.74) is 1.78. The van der Waals surface area contributed by atoms with Crippen molar-refractivity contribution in [2.75, 3.05) is 0 Å². The molecule has 3 aliphatic rings. The Hall–Kier alpha value is -0.300. The van der Waals surface area contributed by atoms with Crippen LogP contribution >= 0.6 is 0 Å². The molecule has 3 rings (SSSR count). The van der Waals surface area contributed by atoms with E-state index in [-0.39, 0.29) is 11.5 Å². The summed E-state index contributed by atoms with van der Waals surface area (Å²) in [4.78, 5) is 0. The predicted octanol–water partition coefficient (Wildman–Crippen LogP) is 2.75. The van der Waals surface area contributed by atoms with Gasteiger partial charge >= 0.3 is 0 Å². The van der Waals surface area contributed by atoms with Gasteiger partial charge in [0.05, 0.1) is 6.10 Å². The Labute approximate surface area is 86.2 Å². The fraction of sp³-hybridized carbons (Fsp3) is 0.846. The van der Waals surface area contributed by atoms with Crippen molar-refractivity contribution < 1.29 is 5.11 Å². The van der Waals surface area contributed by atoms with Gasteiger partial charge in [0.15, 0.2) is 0 Å². The van der Waals surface area contributed by atoms with Crippen LogP contribution in [0.4, 0.5) is 0 Å². The topological polar surface area (TPSA) is 20.2 Å². The van der Waals surface area contributed by atoms with E-state index >= 15 is 0 Å². The molecule has 2 fully saturated rings. The Morgan fingerprint density at radius 3 is 3.00 bits per heavy atom. The van der Waals surface area contributed by atoms with E-state index in [1.807, 2.05) is 0 Å². The lowest BCUT2D eigenvalue weighted by atomic mass is 9.83. The van der Waals surface area contributed by atoms with Crippen LogP contribution in [0.3, 0.4) is 0 Å². The third kappa shape index (κ3) is 0.995. The zero-order chi connectivity index (χ0) is 9.92. The van der Waals surface area contributed by atoms with E-state index in [0.29, 0.717) is 5.92 Å². The minimum absolute atomic E-state index is 0.0816. The summed E-state index contributed by atoms with van der Waals surface area (Å²) in [6.45, 7) is 4.45. The van der Waals surface area contributed by atoms with Crippen molar-refractivity contribution in [3.8, 4) is 0 Å². The first-order valence-electron chi connectivity index (χ1n) is 5.97. The molecule has 0 aromatic heterocycles. The molecule has 78 valence electrons. The van der Waals surface area contributed by atoms with Crippen LogP contribution in [0.15, 0.2) is 11.6 Å². The highest BCUT2D eigenvalue weighted by atomic mass is 16.3. The van der Waals surface area contributed by atoms with Crippen molar-refractivity contribution >= 4 is 0 Å². The largest absolute Gasteiger partial charge is 0.392 e. The van der Waals surface area contributed by atoms with Crippen molar-refractivity contribution in [1.29, 1.82) is 0 Å². The lowest BCUT2D eigenvalue weighted by Crippen LogP contribution is -2.28. The van der Waals surface area contributed by atoms with E-state index < -0.39 is 0 Å². The van der Waals surface area contributed by atoms with Crippen LogP contribution in [0.1, 0.15) is 39.5 Å². The number of hydrogen-bond donors (Lipinski definition) is 1. The molecule has 4 atom stereocenters. The summed E-state index contributed by atoms with van der Waals surface area (Å²) in [6, 6.07) is 0. The second-order valence-electron chi connectivity index (χ2n) is 6.14. The highest BCUT2D eigenvalue weighted by Gasteiger charge is 2.54. The lowest BCUT2D eigenvalue weighted by molar-refractivity contribution is 0.0554. The second kappa shape index (κ2) is 2.63. The van der Waals surface area contributed by atoms with Gasteiger partial charge in [-0.2, -0.15) is 0 Å². The van der Waals surface area contributed by atoms with E-state index in [1.54, 1.807) is 5.57 Å². The first-order chi connectivity index (χ1) is 6.59. The number of rotatable bonds is 0. The average molecular weight is 192 g/mol. The molecule has 0 saturated heterocycles. The van der Waals surface area contributed by atoms with Crippen LogP contribution < -0.4 is 0 Å². The van der Waals surface area contributed by atoms with E-state index in [9.17, 15) is 5.11 Å². The van der Waals surface area contributed by atoms with Gasteiger partial charge in [-0.3, -0.25) is 0 Å². The van der Waals surface area contributed by atoms with Gasteiger partial charge in [0.2, 0.25) is 0 Å². The predicted molar refractivity (Wildman–Crippen MR) is 56.8 cm³/mol. The fourth-order valence-corrected chi connectivity index (χ4v) is 4.16. The van der Waals surface area contributed by atoms with Crippen LogP contribution in [0.2, 0.25) is 0 Å². The standard InChI is InChI=1S/C13H20O/c1-13(2)7-9-6-8-4-3-5-10(8)11(9)12(13)14/h5,8-9,11-12,14H,3-4,6-7H2,1-2H3/t8-,9+,11-,12-/m0/s1. The number of aliphatic hydroxyl groups excluding tert-OH is 1. The molecule has 0 heterocycles. The Balaban J connectivity index is 1.94. The summed E-state index contributed by atoms with van der Waals surface area (Å²) in [5.74, 6) is 2.16. The summed E-state index contributed by atoms with van der Waals surface area (Å²) in [7, 11) is 0. The van der Waals surface area contributed by atoms with Crippen molar-refractivity contribution in [2.45, 2.75) is 45.6 Å². The molecule has 14 heavy (non-hydrogen) atoms. The molecule has 0 aromatic rings. The average Bonchev–Trinajstić information content (AvgIpc) is 2.65. The van der Waals surface area contributed by atoms with Crippen molar-refractivity contribution in [3.05, 3.63) is 11.6 Å². The normalized spacial score (nSPS) is 48.9. The fourth-order valence-electron chi connectivity index (χ4n) is 4.16. The maximum Gasteiger partial charge on any atom is 0.0659 e. The maximum atomic E-state index is 10.3. The Kier molecular flexibility index (Phi) is 1.69. The molecule has 3 aliphatic carbocycles. The molecule has 1 heteroatoms. The highest BCUT2D eigenvalue weighted by Crippen LogP contribution is 2.59. The van der Waals surface area contributed by atoms with Gasteiger partial charge in [-0.1, -0.05) is 25.5 Å². The molecule has 0 aromatic carbocycles. The van der Waals surface area contributed by atoms with E-state index in [4.69, 9.17) is 0 Å². The van der Waals surface area contributed by atoms with Gasteiger partial charge in [-0.05, 0) is 42.9 Å². The van der Waals surface area contributed by atoms with Crippen molar-refractivity contribution in [3.63, 3.8) is 0 Å². The summed E-state index contributed by atoms with van der Waals surface area (Å²) in [5, 5.41) is 10.3. The van der Waals surface area contributed by atoms with E-state index in [2.05, 4.69) is 19.9 Å². The molecule has 1 nitrogen and oxygen atoms in total. The van der Waals surface area contributed by atoms with Crippen LogP contribution in [-0.2, 0) is 0 Å². The third-order valence-electron chi connectivity index (χ3n) is 4.78. The molecule has 0 amide bonds. The SMILES string of the molecule is CC1(C)C[C@H]2C[C@@H]3CCC=C3[C@H]2[C@@H]1O. The maximum absolute atomic E-state index is 10.3. The minimum atomic E-state index is -0.0816. The van der Waals surface area contributed by atoms with Gasteiger partial charge in [0, 0.05) is 5.92 Å². The van der Waals surface area contributed by atoms with Crippen molar-refractivity contribution in [2.24, 2.45) is 23.2 Å². The van der Waals surface area contributed by atoms with Crippen LogP contribution in [0, 0.1) is 23.2 Å². The molecule has 0 spiro atoms. The Morgan fingerprint density at radius 1 is 1.43 bits per heavy atom. The molecule has 1 N–H and O–H groups in total. The Morgan fingerprint density at radius 2 is 2.21 bits per heavy atom. The second-order valence-corrected chi connectivity index (χ2v) is 6.14. The van der Waals surface area contributed by atoms with Gasteiger partial charge in [-0.15, -0.1) is 0 Å². The first-order valence-corrected chi connectivity index (χ1v) is 5.97. The number of allylic oxidation sites excluding steroid dienone is 1. The monoisotopic (exact) mass is 192 g/mol. The number of aliphatic hydroxyl groups is 1. The zero-order valence-electron chi connectivity index (χ0n) is 9.16. The molecule has 0 unspecified atom stereocenters. The molecule has 0 radical (unpaired) electrons. The van der Waals surface area contributed by atoms with Crippen LogP contribution in [0.5, 0.6) is 0 Å². The van der Waals surface area contributed by atoms with Gasteiger partial charge in [-0.25, -0.2) is 0 Å². The van der Waals surface area contributed by atoms with Gasteiger partial charge in [0.1, 0.15) is 0 Å². The first kappa shape index (κ1) is 8.96. The summed E-state index contributed by atoms with van der Waals surface area (Å²) >= 11 is 0. The minimum Gasteiger partial charge on any atom is -0.392 e. The van der Waals surface area contributed by atoms with Gasteiger partial charge < -0.3 is 5.11 Å². The molecule has 0 bridgehead atoms. The Bertz CT molecular complexity index is 290. The van der Waals surface area contributed by atoms with Crippen LogP contribution in [0.25, 0.3) is 0 Å². The van der Waals surface area contributed by atoms with E-state index in [0.717, 1.165) is 11.8 Å². The highest BCUT2D eigenvalue weighted by molar-refractivity contribution is 5.27. The summed E-state index contributed by atoms with van der Waals surface area (Å²) in [6.07, 6.45) is 7.54. The molecule has 2 saturated carbocycles. The smallest absolute Gasteiger partial charge is 0.0659 e. The zero-order valence-corrected chi connectivity index (χ0v) is 9.16. The molecular weight excluding hydrogens is 172 g/mol. The summed E-state index contributed by atoms with van der Waals surface area (Å²) < 4.78 is 0. The lowest BCUT2D eigenvalue weighted by Gasteiger charge is -2.26. The van der Waals surface area contributed by atoms with Crippen molar-refractivity contribution in [1.82, 2.24) is 0 Å². The quantitative estimate of drug-likeness (QED) is 0.585. The number of hydrogen-bond acceptors (Lipinski definition) is 1. The third-order valence-corrected chi connectivity index (χ3v) is 4.78. The van der Waals surface area contributed by atoms with Crippen LogP contribution in [-0.4, -0.2) is 11.2 Å². The number of fused-ring (bicyclic) bond motifs is 3.